The summed E-state index contributed by atoms with van der Waals surface area (Å²) >= 11 is 0. The molecule has 5 heteroatoms. The van der Waals surface area contributed by atoms with E-state index in [4.69, 9.17) is 4.74 Å². The van der Waals surface area contributed by atoms with Gasteiger partial charge in [-0.3, -0.25) is 4.79 Å². The molecule has 0 aliphatic carbocycles. The van der Waals surface area contributed by atoms with Crippen molar-refractivity contribution >= 4 is 5.91 Å². The fourth-order valence-electron chi connectivity index (χ4n) is 3.55. The van der Waals surface area contributed by atoms with Crippen molar-refractivity contribution in [2.75, 3.05) is 13.7 Å². The molecule has 0 bridgehead atoms. The van der Waals surface area contributed by atoms with Crippen molar-refractivity contribution in [1.29, 1.82) is 0 Å². The molecule has 0 spiro atoms. The normalized spacial score (nSPS) is 16.7. The Morgan fingerprint density at radius 2 is 2.00 bits per heavy atom. The lowest BCUT2D eigenvalue weighted by atomic mass is 10.0. The van der Waals surface area contributed by atoms with E-state index >= 15 is 0 Å². The van der Waals surface area contributed by atoms with Crippen LogP contribution in [0.1, 0.15) is 34.8 Å². The molecule has 132 valence electrons. The number of carbonyl (C=O) groups is 1. The molecular weight excluding hydrogens is 326 g/mol. The van der Waals surface area contributed by atoms with E-state index in [1.54, 1.807) is 18.0 Å². The zero-order valence-electron chi connectivity index (χ0n) is 14.7. The van der Waals surface area contributed by atoms with Crippen LogP contribution in [-0.2, 0) is 0 Å². The maximum atomic E-state index is 13.1. The number of ether oxygens (including phenoxy) is 1. The number of rotatable bonds is 4. The Kier molecular flexibility index (Phi) is 4.44. The van der Waals surface area contributed by atoms with E-state index in [9.17, 15) is 4.79 Å². The summed E-state index contributed by atoms with van der Waals surface area (Å²) in [4.78, 5) is 15.0. The van der Waals surface area contributed by atoms with Gasteiger partial charge in [-0.25, -0.2) is 4.68 Å². The van der Waals surface area contributed by atoms with Gasteiger partial charge >= 0.3 is 0 Å². The molecule has 3 aromatic rings. The van der Waals surface area contributed by atoms with Crippen molar-refractivity contribution in [1.82, 2.24) is 14.7 Å². The molecule has 0 radical (unpaired) electrons. The third-order valence-electron chi connectivity index (χ3n) is 4.88. The number of benzene rings is 2. The second-order valence-electron chi connectivity index (χ2n) is 6.43. The van der Waals surface area contributed by atoms with Gasteiger partial charge in [-0.2, -0.15) is 5.10 Å². The fraction of sp³-hybridized carbons (Fsp3) is 0.238. The minimum atomic E-state index is 0.0716. The standard InChI is InChI=1S/C21H21N3O2/c1-26-19-6-2-5-17(15-19)20-7-3-13-23(20)21(25)16-8-10-18(11-9-16)24-14-4-12-22-24/h2,4-6,8-12,14-15,20H,3,7,13H2,1H3. The highest BCUT2D eigenvalue weighted by Crippen LogP contribution is 2.34. The van der Waals surface area contributed by atoms with Gasteiger partial charge in [-0.1, -0.05) is 12.1 Å². The Bertz CT molecular complexity index is 888. The van der Waals surface area contributed by atoms with Crippen molar-refractivity contribution < 1.29 is 9.53 Å². The molecule has 1 atom stereocenters. The summed E-state index contributed by atoms with van der Waals surface area (Å²) in [6.45, 7) is 0.779. The summed E-state index contributed by atoms with van der Waals surface area (Å²) in [5.74, 6) is 0.896. The van der Waals surface area contributed by atoms with E-state index in [0.29, 0.717) is 5.56 Å². The molecule has 1 saturated heterocycles. The number of hydrogen-bond donors (Lipinski definition) is 0. The highest BCUT2D eigenvalue weighted by Gasteiger charge is 2.30. The van der Waals surface area contributed by atoms with E-state index < -0.39 is 0 Å². The Morgan fingerprint density at radius 1 is 1.15 bits per heavy atom. The second-order valence-corrected chi connectivity index (χ2v) is 6.43. The maximum absolute atomic E-state index is 13.1. The molecular formula is C21H21N3O2. The summed E-state index contributed by atoms with van der Waals surface area (Å²) in [7, 11) is 1.66. The van der Waals surface area contributed by atoms with Crippen LogP contribution in [0.5, 0.6) is 5.75 Å². The first-order valence-electron chi connectivity index (χ1n) is 8.81. The quantitative estimate of drug-likeness (QED) is 0.720. The van der Waals surface area contributed by atoms with Gasteiger partial charge in [-0.05, 0) is 60.9 Å². The summed E-state index contributed by atoms with van der Waals surface area (Å²) in [6, 6.07) is 17.6. The fourth-order valence-corrected chi connectivity index (χ4v) is 3.55. The van der Waals surface area contributed by atoms with Crippen LogP contribution < -0.4 is 4.74 Å². The lowest BCUT2D eigenvalue weighted by Gasteiger charge is -2.25. The van der Waals surface area contributed by atoms with Gasteiger partial charge in [0.25, 0.3) is 5.91 Å². The van der Waals surface area contributed by atoms with Gasteiger partial charge in [-0.15, -0.1) is 0 Å². The minimum absolute atomic E-state index is 0.0716. The van der Waals surface area contributed by atoms with Crippen LogP contribution >= 0.6 is 0 Å². The van der Waals surface area contributed by atoms with E-state index in [1.807, 2.05) is 59.6 Å². The number of hydrogen-bond acceptors (Lipinski definition) is 3. The molecule has 1 fully saturated rings. The highest BCUT2D eigenvalue weighted by molar-refractivity contribution is 5.94. The summed E-state index contributed by atoms with van der Waals surface area (Å²) in [5.41, 5.74) is 2.77. The Morgan fingerprint density at radius 3 is 2.73 bits per heavy atom. The molecule has 2 aromatic carbocycles. The van der Waals surface area contributed by atoms with Gasteiger partial charge in [0, 0.05) is 24.5 Å². The average Bonchev–Trinajstić information content (AvgIpc) is 3.39. The zero-order valence-corrected chi connectivity index (χ0v) is 14.7. The van der Waals surface area contributed by atoms with Crippen molar-refractivity contribution in [3.8, 4) is 11.4 Å². The predicted octanol–water partition coefficient (Wildman–Crippen LogP) is 3.86. The summed E-state index contributed by atoms with van der Waals surface area (Å²) in [6.07, 6.45) is 5.61. The lowest BCUT2D eigenvalue weighted by Crippen LogP contribution is -2.30. The smallest absolute Gasteiger partial charge is 0.254 e. The largest absolute Gasteiger partial charge is 0.497 e. The number of aromatic nitrogens is 2. The van der Waals surface area contributed by atoms with Crippen molar-refractivity contribution in [3.63, 3.8) is 0 Å². The number of carbonyl (C=O) groups excluding carboxylic acids is 1. The Balaban J connectivity index is 1.56. The molecule has 1 aliphatic rings. The van der Waals surface area contributed by atoms with Crippen LogP contribution in [0, 0.1) is 0 Å². The highest BCUT2D eigenvalue weighted by atomic mass is 16.5. The number of likely N-dealkylation sites (tertiary alicyclic amines) is 1. The third-order valence-corrected chi connectivity index (χ3v) is 4.88. The number of nitrogens with zero attached hydrogens (tertiary/aromatic N) is 3. The molecule has 1 aliphatic heterocycles. The molecule has 0 saturated carbocycles. The molecule has 1 aromatic heterocycles. The molecule has 0 N–H and O–H groups in total. The number of amides is 1. The van der Waals surface area contributed by atoms with Gasteiger partial charge in [0.1, 0.15) is 5.75 Å². The number of methoxy groups -OCH3 is 1. The van der Waals surface area contributed by atoms with E-state index in [1.165, 1.54) is 0 Å². The SMILES string of the molecule is COc1cccc(C2CCCN2C(=O)c2ccc(-n3cccn3)cc2)c1. The minimum Gasteiger partial charge on any atom is -0.497 e. The monoisotopic (exact) mass is 347 g/mol. The van der Waals surface area contributed by atoms with Gasteiger partial charge < -0.3 is 9.64 Å². The van der Waals surface area contributed by atoms with Gasteiger partial charge in [0.2, 0.25) is 0 Å². The first-order chi connectivity index (χ1) is 12.8. The molecule has 4 rings (SSSR count). The van der Waals surface area contributed by atoms with Crippen LogP contribution in [0.15, 0.2) is 67.0 Å². The van der Waals surface area contributed by atoms with Gasteiger partial charge in [0.05, 0.1) is 18.8 Å². The van der Waals surface area contributed by atoms with E-state index in [0.717, 1.165) is 36.4 Å². The Labute approximate surface area is 152 Å². The Hall–Kier alpha value is -3.08. The predicted molar refractivity (Wildman–Crippen MR) is 99.6 cm³/mol. The topological polar surface area (TPSA) is 47.4 Å². The van der Waals surface area contributed by atoms with Crippen LogP contribution in [0.3, 0.4) is 0 Å². The van der Waals surface area contributed by atoms with Crippen LogP contribution in [0.4, 0.5) is 0 Å². The molecule has 5 nitrogen and oxygen atoms in total. The molecule has 26 heavy (non-hydrogen) atoms. The summed E-state index contributed by atoms with van der Waals surface area (Å²) < 4.78 is 7.11. The van der Waals surface area contributed by atoms with Crippen molar-refractivity contribution in [2.45, 2.75) is 18.9 Å². The van der Waals surface area contributed by atoms with Crippen LogP contribution in [-0.4, -0.2) is 34.2 Å². The first-order valence-corrected chi connectivity index (χ1v) is 8.81. The lowest BCUT2D eigenvalue weighted by molar-refractivity contribution is 0.0735. The van der Waals surface area contributed by atoms with Crippen molar-refractivity contribution in [2.24, 2.45) is 0 Å². The molecule has 2 heterocycles. The zero-order chi connectivity index (χ0) is 17.9. The molecule has 1 unspecified atom stereocenters. The van der Waals surface area contributed by atoms with E-state index in [2.05, 4.69) is 11.2 Å². The van der Waals surface area contributed by atoms with E-state index in [-0.39, 0.29) is 11.9 Å². The first kappa shape index (κ1) is 16.4. The van der Waals surface area contributed by atoms with Crippen molar-refractivity contribution in [3.05, 3.63) is 78.1 Å². The van der Waals surface area contributed by atoms with Crippen LogP contribution in [0.2, 0.25) is 0 Å². The van der Waals surface area contributed by atoms with Gasteiger partial charge in [0.15, 0.2) is 0 Å². The van der Waals surface area contributed by atoms with Crippen LogP contribution in [0.25, 0.3) is 5.69 Å². The maximum Gasteiger partial charge on any atom is 0.254 e. The summed E-state index contributed by atoms with van der Waals surface area (Å²) in [5, 5.41) is 4.22. The molecule has 1 amide bonds. The average molecular weight is 347 g/mol. The third kappa shape index (κ3) is 3.08. The second kappa shape index (κ2) is 7.04.